The van der Waals surface area contributed by atoms with Gasteiger partial charge >= 0.3 is 0 Å². The summed E-state index contributed by atoms with van der Waals surface area (Å²) >= 11 is 0. The highest BCUT2D eigenvalue weighted by molar-refractivity contribution is 5.93. The minimum Gasteiger partial charge on any atom is -0.485 e. The van der Waals surface area contributed by atoms with Crippen molar-refractivity contribution in [1.29, 1.82) is 0 Å². The zero-order chi connectivity index (χ0) is 14.6. The second kappa shape index (κ2) is 6.36. The van der Waals surface area contributed by atoms with Crippen molar-refractivity contribution < 1.29 is 14.3 Å². The van der Waals surface area contributed by atoms with Crippen LogP contribution in [0.15, 0.2) is 12.1 Å². The van der Waals surface area contributed by atoms with E-state index in [-0.39, 0.29) is 18.3 Å². The lowest BCUT2D eigenvalue weighted by atomic mass is 10.0. The van der Waals surface area contributed by atoms with Crippen LogP contribution in [0.4, 0.5) is 0 Å². The van der Waals surface area contributed by atoms with Crippen molar-refractivity contribution in [2.45, 2.75) is 34.1 Å². The van der Waals surface area contributed by atoms with E-state index in [0.717, 1.165) is 17.5 Å². The van der Waals surface area contributed by atoms with E-state index in [1.807, 2.05) is 27.7 Å². The van der Waals surface area contributed by atoms with Crippen LogP contribution in [-0.2, 0) is 4.79 Å². The monoisotopic (exact) mass is 263 g/mol. The fourth-order valence-corrected chi connectivity index (χ4v) is 1.83. The molecular formula is C15H21NO3. The normalized spacial score (nSPS) is 12.0. The molecular weight excluding hydrogens is 242 g/mol. The Morgan fingerprint density at radius 1 is 1.26 bits per heavy atom. The van der Waals surface area contributed by atoms with Crippen molar-refractivity contribution in [3.63, 3.8) is 0 Å². The highest BCUT2D eigenvalue weighted by Crippen LogP contribution is 2.25. The lowest BCUT2D eigenvalue weighted by molar-refractivity contribution is -0.124. The molecule has 0 radical (unpaired) electrons. The highest BCUT2D eigenvalue weighted by Gasteiger charge is 2.14. The number of hydrogen-bond acceptors (Lipinski definition) is 3. The van der Waals surface area contributed by atoms with Crippen LogP contribution in [0.2, 0.25) is 0 Å². The van der Waals surface area contributed by atoms with Gasteiger partial charge in [0.25, 0.3) is 0 Å². The third-order valence-electron chi connectivity index (χ3n) is 3.27. The number of rotatable bonds is 6. The van der Waals surface area contributed by atoms with Crippen LogP contribution >= 0.6 is 0 Å². The number of carbonyl (C=O) groups excluding carboxylic acids is 2. The average Bonchev–Trinajstić information content (AvgIpc) is 2.36. The van der Waals surface area contributed by atoms with Crippen LogP contribution in [0, 0.1) is 19.8 Å². The van der Waals surface area contributed by atoms with Crippen molar-refractivity contribution in [1.82, 2.24) is 0 Å². The first-order chi connectivity index (χ1) is 8.86. The molecule has 19 heavy (non-hydrogen) atoms. The molecule has 0 saturated heterocycles. The predicted molar refractivity (Wildman–Crippen MR) is 74.4 cm³/mol. The van der Waals surface area contributed by atoms with E-state index in [0.29, 0.717) is 11.3 Å². The minimum atomic E-state index is -0.464. The maximum absolute atomic E-state index is 11.7. The molecule has 1 aromatic rings. The van der Waals surface area contributed by atoms with E-state index < -0.39 is 5.91 Å². The summed E-state index contributed by atoms with van der Waals surface area (Å²) in [6.07, 6.45) is 0.806. The van der Waals surface area contributed by atoms with Gasteiger partial charge in [-0.25, -0.2) is 0 Å². The minimum absolute atomic E-state index is 0.00510. The van der Waals surface area contributed by atoms with Crippen molar-refractivity contribution in [3.05, 3.63) is 28.8 Å². The van der Waals surface area contributed by atoms with Gasteiger partial charge in [-0.15, -0.1) is 0 Å². The number of hydrogen-bond donors (Lipinski definition) is 1. The quantitative estimate of drug-likeness (QED) is 0.856. The molecule has 0 bridgehead atoms. The van der Waals surface area contributed by atoms with Gasteiger partial charge in [0.15, 0.2) is 5.78 Å². The largest absolute Gasteiger partial charge is 0.485 e. The van der Waals surface area contributed by atoms with Crippen molar-refractivity contribution in [2.75, 3.05) is 6.61 Å². The Labute approximate surface area is 113 Å². The van der Waals surface area contributed by atoms with Gasteiger partial charge in [0, 0.05) is 11.5 Å². The molecule has 104 valence electrons. The molecule has 1 atom stereocenters. The lowest BCUT2D eigenvalue weighted by Crippen LogP contribution is -2.19. The Balaban J connectivity index is 2.85. The number of Topliss-reactive ketones (excluding diaryl/α,β-unsaturated/α-hetero) is 1. The topological polar surface area (TPSA) is 69.4 Å². The van der Waals surface area contributed by atoms with Crippen LogP contribution in [-0.4, -0.2) is 18.3 Å². The highest BCUT2D eigenvalue weighted by atomic mass is 16.5. The van der Waals surface area contributed by atoms with Gasteiger partial charge in [-0.2, -0.15) is 0 Å². The number of nitrogens with two attached hydrogens (primary N) is 1. The third kappa shape index (κ3) is 3.81. The van der Waals surface area contributed by atoms with Crippen molar-refractivity contribution in [2.24, 2.45) is 11.7 Å². The standard InChI is InChI=1S/C15H21NO3/c1-5-9(2)13(17)8-19-14-10(3)6-12(15(16)18)7-11(14)4/h6-7,9H,5,8H2,1-4H3,(H2,16,18). The summed E-state index contributed by atoms with van der Waals surface area (Å²) in [5.74, 6) is 0.279. The Kier molecular flexibility index (Phi) is 5.10. The van der Waals surface area contributed by atoms with Crippen LogP contribution in [0.25, 0.3) is 0 Å². The number of ketones is 1. The molecule has 0 heterocycles. The molecule has 2 N–H and O–H groups in total. The maximum atomic E-state index is 11.7. The zero-order valence-corrected chi connectivity index (χ0v) is 11.9. The van der Waals surface area contributed by atoms with Gasteiger partial charge in [-0.3, -0.25) is 9.59 Å². The Morgan fingerprint density at radius 3 is 2.21 bits per heavy atom. The van der Waals surface area contributed by atoms with E-state index in [9.17, 15) is 9.59 Å². The average molecular weight is 263 g/mol. The number of carbonyl (C=O) groups is 2. The summed E-state index contributed by atoms with van der Waals surface area (Å²) in [7, 11) is 0. The van der Waals surface area contributed by atoms with E-state index in [1.54, 1.807) is 12.1 Å². The van der Waals surface area contributed by atoms with E-state index in [4.69, 9.17) is 10.5 Å². The van der Waals surface area contributed by atoms with Crippen LogP contribution in [0.1, 0.15) is 41.8 Å². The molecule has 1 amide bonds. The summed E-state index contributed by atoms with van der Waals surface area (Å²) in [5.41, 5.74) is 7.32. The molecule has 0 aliphatic heterocycles. The maximum Gasteiger partial charge on any atom is 0.248 e. The Hall–Kier alpha value is -1.84. The molecule has 0 fully saturated rings. The van der Waals surface area contributed by atoms with Crippen LogP contribution in [0.3, 0.4) is 0 Å². The number of aryl methyl sites for hydroxylation is 2. The lowest BCUT2D eigenvalue weighted by Gasteiger charge is -2.14. The van der Waals surface area contributed by atoms with Gasteiger partial charge < -0.3 is 10.5 Å². The zero-order valence-electron chi connectivity index (χ0n) is 11.9. The molecule has 4 heteroatoms. The predicted octanol–water partition coefficient (Wildman–Crippen LogP) is 2.40. The molecule has 1 unspecified atom stereocenters. The fraction of sp³-hybridized carbons (Fsp3) is 0.467. The Bertz CT molecular complexity index is 471. The SMILES string of the molecule is CCC(C)C(=O)COc1c(C)cc(C(N)=O)cc1C. The fourth-order valence-electron chi connectivity index (χ4n) is 1.83. The second-order valence-corrected chi connectivity index (χ2v) is 4.87. The Morgan fingerprint density at radius 2 is 1.79 bits per heavy atom. The molecule has 0 saturated carbocycles. The van der Waals surface area contributed by atoms with E-state index >= 15 is 0 Å². The molecule has 0 aliphatic rings. The smallest absolute Gasteiger partial charge is 0.248 e. The number of ether oxygens (including phenoxy) is 1. The summed E-state index contributed by atoms with van der Waals surface area (Å²) in [5, 5.41) is 0. The van der Waals surface area contributed by atoms with E-state index in [1.165, 1.54) is 0 Å². The molecule has 1 rings (SSSR count). The van der Waals surface area contributed by atoms with Gasteiger partial charge in [-0.1, -0.05) is 13.8 Å². The molecule has 0 aliphatic carbocycles. The number of primary amides is 1. The van der Waals surface area contributed by atoms with Gasteiger partial charge in [-0.05, 0) is 43.5 Å². The number of benzene rings is 1. The summed E-state index contributed by atoms with van der Waals surface area (Å²) < 4.78 is 5.59. The number of amides is 1. The van der Waals surface area contributed by atoms with Gasteiger partial charge in [0.05, 0.1) is 0 Å². The summed E-state index contributed by atoms with van der Waals surface area (Å²) in [6.45, 7) is 7.60. The van der Waals surface area contributed by atoms with Crippen LogP contribution in [0.5, 0.6) is 5.75 Å². The molecule has 4 nitrogen and oxygen atoms in total. The van der Waals surface area contributed by atoms with Gasteiger partial charge in [0.1, 0.15) is 12.4 Å². The first-order valence-corrected chi connectivity index (χ1v) is 6.43. The molecule has 0 aromatic heterocycles. The van der Waals surface area contributed by atoms with Gasteiger partial charge in [0.2, 0.25) is 5.91 Å². The van der Waals surface area contributed by atoms with Crippen LogP contribution < -0.4 is 10.5 Å². The first-order valence-electron chi connectivity index (χ1n) is 6.43. The first kappa shape index (κ1) is 15.2. The van der Waals surface area contributed by atoms with E-state index in [2.05, 4.69) is 0 Å². The van der Waals surface area contributed by atoms with Crippen molar-refractivity contribution >= 4 is 11.7 Å². The molecule has 1 aromatic carbocycles. The summed E-state index contributed by atoms with van der Waals surface area (Å²) in [6, 6.07) is 3.36. The molecule has 0 spiro atoms. The third-order valence-corrected chi connectivity index (χ3v) is 3.27. The second-order valence-electron chi connectivity index (χ2n) is 4.87. The van der Waals surface area contributed by atoms with Crippen molar-refractivity contribution in [3.8, 4) is 5.75 Å². The summed E-state index contributed by atoms with van der Waals surface area (Å²) in [4.78, 5) is 22.9.